The Morgan fingerprint density at radius 2 is 0.957 bits per heavy atom. The first kappa shape index (κ1) is 54.5. The fourth-order valence-corrected chi connectivity index (χ4v) is 9.60. The maximum atomic E-state index is 13.3. The van der Waals surface area contributed by atoms with Gasteiger partial charge in [-0.15, -0.1) is 0 Å². The summed E-state index contributed by atoms with van der Waals surface area (Å²) in [4.78, 5) is 52.0. The van der Waals surface area contributed by atoms with Crippen molar-refractivity contribution in [3.05, 3.63) is 152 Å². The molecule has 69 heavy (non-hydrogen) atoms. The molecule has 4 aromatic rings. The van der Waals surface area contributed by atoms with Gasteiger partial charge in [-0.1, -0.05) is 124 Å². The topological polar surface area (TPSA) is 115 Å². The van der Waals surface area contributed by atoms with Gasteiger partial charge in [0.25, 0.3) is 0 Å². The molecule has 4 aromatic carbocycles. The van der Waals surface area contributed by atoms with Gasteiger partial charge < -0.3 is 10.2 Å². The van der Waals surface area contributed by atoms with Crippen molar-refractivity contribution in [2.75, 3.05) is 9.80 Å². The Bertz CT molecular complexity index is 2630. The summed E-state index contributed by atoms with van der Waals surface area (Å²) in [6.07, 6.45) is 1.98. The molecule has 2 heterocycles. The smallest absolute Gasteiger partial charge is 0.393 e. The van der Waals surface area contributed by atoms with Crippen molar-refractivity contribution in [1.82, 2.24) is 0 Å². The van der Waals surface area contributed by atoms with Crippen LogP contribution in [0.3, 0.4) is 0 Å². The average Bonchev–Trinajstić information content (AvgIpc) is 3.25. The third-order valence-corrected chi connectivity index (χ3v) is 14.4. The van der Waals surface area contributed by atoms with Crippen molar-refractivity contribution in [3.8, 4) is 0 Å². The number of aromatic carboxylic acids is 2. The van der Waals surface area contributed by atoms with Crippen molar-refractivity contribution in [2.45, 2.75) is 132 Å². The minimum absolute atomic E-state index is 0.0297. The second kappa shape index (κ2) is 20.9. The number of nitrogens with zero attached hydrogens (tertiary/aromatic N) is 2. The van der Waals surface area contributed by atoms with Gasteiger partial charge in [0, 0.05) is 57.5 Å². The zero-order valence-corrected chi connectivity index (χ0v) is 43.0. The molecule has 0 aliphatic carbocycles. The van der Waals surface area contributed by atoms with Gasteiger partial charge in [-0.3, -0.25) is 19.4 Å². The summed E-state index contributed by atoms with van der Waals surface area (Å²) in [5, 5.41) is 19.4. The van der Waals surface area contributed by atoms with Crippen LogP contribution >= 0.6 is 23.2 Å². The quantitative estimate of drug-likeness (QED) is 0.138. The third kappa shape index (κ3) is 12.5. The van der Waals surface area contributed by atoms with E-state index in [1.807, 2.05) is 39.1 Å². The van der Waals surface area contributed by atoms with Gasteiger partial charge >= 0.3 is 18.1 Å². The van der Waals surface area contributed by atoms with Crippen LogP contribution in [-0.2, 0) is 33.3 Å². The molecule has 370 valence electrons. The van der Waals surface area contributed by atoms with Crippen LogP contribution in [-0.4, -0.2) is 40.1 Å². The molecule has 2 aliphatic heterocycles. The molecular formula is C56H65Cl2F3N2O6. The number of halogens is 5. The fourth-order valence-electron chi connectivity index (χ4n) is 9.05. The number of carbonyl (C=O) groups excluding carboxylic acids is 2. The summed E-state index contributed by atoms with van der Waals surface area (Å²) in [6.45, 7) is 21.5. The van der Waals surface area contributed by atoms with Crippen molar-refractivity contribution in [2.24, 2.45) is 22.7 Å². The van der Waals surface area contributed by atoms with Crippen LogP contribution in [0.1, 0.15) is 145 Å². The van der Waals surface area contributed by atoms with Gasteiger partial charge in [-0.05, 0) is 137 Å². The molecule has 0 radical (unpaired) electrons. The molecule has 0 saturated carbocycles. The normalized spacial score (nSPS) is 19.0. The maximum Gasteiger partial charge on any atom is 0.393 e. The SMILES string of the molecule is CC(C)C1=CN(c2ccc(C(=O)O)cc2)C(=O)C[C@@]1(C)c1ccc(CCC(C)(C)C(F)(F)F)c(Cl)c1.CC(C)C1=CN(c2ccc(C(=O)O)cc2)C(=O)C[C@@]1(C)c1ccc(CCC(C)(C)C)c(Cl)c1. The monoisotopic (exact) mass is 988 g/mol. The number of allylic oxidation sites excluding steroid dienone is 2. The molecular weight excluding hydrogens is 925 g/mol. The number of aryl methyl sites for hydroxylation is 2. The summed E-state index contributed by atoms with van der Waals surface area (Å²) in [6, 6.07) is 24.2. The summed E-state index contributed by atoms with van der Waals surface area (Å²) < 4.78 is 39.8. The Kier molecular flexibility index (Phi) is 16.5. The van der Waals surface area contributed by atoms with Gasteiger partial charge in [0.2, 0.25) is 11.8 Å². The summed E-state index contributed by atoms with van der Waals surface area (Å²) in [5.74, 6) is -1.92. The highest BCUT2D eigenvalue weighted by Crippen LogP contribution is 2.47. The van der Waals surface area contributed by atoms with Crippen molar-refractivity contribution in [3.63, 3.8) is 0 Å². The number of benzene rings is 4. The number of alkyl halides is 3. The van der Waals surface area contributed by atoms with E-state index in [9.17, 15) is 32.3 Å². The lowest BCUT2D eigenvalue weighted by molar-refractivity contribution is -0.213. The predicted molar refractivity (Wildman–Crippen MR) is 270 cm³/mol. The van der Waals surface area contributed by atoms with E-state index in [-0.39, 0.29) is 59.5 Å². The summed E-state index contributed by atoms with van der Waals surface area (Å²) in [7, 11) is 0. The standard InChI is InChI=1S/C28H31ClF3NO3.C28H34ClNO3/c1-17(2)22-16-33(21-10-7-19(8-11-21)25(35)36)24(34)15-27(22,5)20-9-6-18(23(29)14-20)12-13-26(3,4)28(30,31)32;1-18(2)23-17-30(22-11-8-20(9-12-22)26(32)33)25(31)16-28(23,6)21-10-7-19(24(29)15-21)13-14-27(3,4)5/h6-11,14,16-17H,12-13,15H2,1-5H3,(H,35,36);7-12,15,17-18H,13-14,16H2,1-6H3,(H,32,33)/t27-;28-/m00/s1. The van der Waals surface area contributed by atoms with Gasteiger partial charge in [0.15, 0.2) is 0 Å². The lowest BCUT2D eigenvalue weighted by Crippen LogP contribution is -2.42. The minimum Gasteiger partial charge on any atom is -0.478 e. The van der Waals surface area contributed by atoms with Crippen molar-refractivity contribution in [1.29, 1.82) is 0 Å². The highest BCUT2D eigenvalue weighted by molar-refractivity contribution is 6.31. The summed E-state index contributed by atoms with van der Waals surface area (Å²) in [5.41, 5.74) is 4.64. The fraction of sp³-hybridized carbons (Fsp3) is 0.429. The Morgan fingerprint density at radius 1 is 0.609 bits per heavy atom. The average molecular weight is 990 g/mol. The highest BCUT2D eigenvalue weighted by atomic mass is 35.5. The number of carboxylic acid groups (broad SMARTS) is 2. The lowest BCUT2D eigenvalue weighted by Gasteiger charge is -2.41. The van der Waals surface area contributed by atoms with Gasteiger partial charge in [0.1, 0.15) is 0 Å². The van der Waals surface area contributed by atoms with E-state index in [1.165, 1.54) is 43.0 Å². The molecule has 0 fully saturated rings. The molecule has 0 aromatic heterocycles. The number of anilines is 2. The molecule has 2 amide bonds. The second-order valence-corrected chi connectivity index (χ2v) is 22.1. The number of hydrogen-bond acceptors (Lipinski definition) is 4. The molecule has 0 unspecified atom stereocenters. The number of hydrogen-bond donors (Lipinski definition) is 2. The largest absolute Gasteiger partial charge is 0.478 e. The van der Waals surface area contributed by atoms with Crippen LogP contribution in [0.4, 0.5) is 24.5 Å². The molecule has 2 aliphatic rings. The molecule has 0 saturated heterocycles. The van der Waals surface area contributed by atoms with Crippen LogP contribution in [0.2, 0.25) is 10.0 Å². The molecule has 0 bridgehead atoms. The van der Waals surface area contributed by atoms with Crippen LogP contribution in [0.5, 0.6) is 0 Å². The highest BCUT2D eigenvalue weighted by Gasteiger charge is 2.47. The van der Waals surface area contributed by atoms with E-state index < -0.39 is 34.4 Å². The van der Waals surface area contributed by atoms with Gasteiger partial charge in [0.05, 0.1) is 16.5 Å². The third-order valence-electron chi connectivity index (χ3n) is 13.7. The van der Waals surface area contributed by atoms with Crippen LogP contribution < -0.4 is 9.80 Å². The number of carbonyl (C=O) groups is 4. The number of amides is 2. The Morgan fingerprint density at radius 3 is 1.25 bits per heavy atom. The number of carboxylic acids is 2. The van der Waals surface area contributed by atoms with E-state index in [1.54, 1.807) is 47.5 Å². The van der Waals surface area contributed by atoms with Crippen molar-refractivity contribution >= 4 is 58.3 Å². The second-order valence-electron chi connectivity index (χ2n) is 21.3. The Balaban J connectivity index is 0.000000258. The van der Waals surface area contributed by atoms with E-state index in [0.717, 1.165) is 45.7 Å². The zero-order valence-electron chi connectivity index (χ0n) is 41.4. The molecule has 0 spiro atoms. The van der Waals surface area contributed by atoms with Crippen LogP contribution in [0.25, 0.3) is 0 Å². The maximum absolute atomic E-state index is 13.3. The molecule has 6 rings (SSSR count). The lowest BCUT2D eigenvalue weighted by atomic mass is 9.68. The van der Waals surface area contributed by atoms with Gasteiger partial charge in [-0.25, -0.2) is 9.59 Å². The van der Waals surface area contributed by atoms with Crippen LogP contribution in [0.15, 0.2) is 108 Å². The minimum atomic E-state index is -4.30. The van der Waals surface area contributed by atoms with E-state index in [4.69, 9.17) is 33.4 Å². The van der Waals surface area contributed by atoms with E-state index >= 15 is 0 Å². The first-order valence-corrected chi connectivity index (χ1v) is 24.0. The molecule has 2 atom stereocenters. The summed E-state index contributed by atoms with van der Waals surface area (Å²) >= 11 is 13.2. The van der Waals surface area contributed by atoms with Crippen LogP contribution in [0, 0.1) is 22.7 Å². The number of rotatable bonds is 13. The Labute approximate surface area is 415 Å². The predicted octanol–water partition coefficient (Wildman–Crippen LogP) is 15.0. The van der Waals surface area contributed by atoms with Gasteiger partial charge in [-0.2, -0.15) is 13.2 Å². The zero-order chi connectivity index (χ0) is 51.6. The van der Waals surface area contributed by atoms with E-state index in [0.29, 0.717) is 28.4 Å². The molecule has 8 nitrogen and oxygen atoms in total. The molecule has 13 heteroatoms. The Hall–Kier alpha value is -5.39. The van der Waals surface area contributed by atoms with Crippen molar-refractivity contribution < 1.29 is 42.6 Å². The molecule has 2 N–H and O–H groups in total. The van der Waals surface area contributed by atoms with E-state index in [2.05, 4.69) is 53.7 Å². The first-order valence-electron chi connectivity index (χ1n) is 23.3. The first-order chi connectivity index (χ1) is 31.9.